The minimum atomic E-state index is -0.656. The van der Waals surface area contributed by atoms with Crippen LogP contribution < -0.4 is 10.2 Å². The van der Waals surface area contributed by atoms with Crippen LogP contribution in [0.25, 0.3) is 11.7 Å². The average Bonchev–Trinajstić information content (AvgIpc) is 3.28. The van der Waals surface area contributed by atoms with Gasteiger partial charge in [-0.25, -0.2) is 9.78 Å². The van der Waals surface area contributed by atoms with Crippen molar-refractivity contribution in [2.45, 2.75) is 45.6 Å². The Morgan fingerprint density at radius 3 is 2.73 bits per heavy atom. The normalized spacial score (nSPS) is 18.2. The number of nitrogens with one attached hydrogen (secondary N) is 1. The van der Waals surface area contributed by atoms with E-state index in [4.69, 9.17) is 16.3 Å². The van der Waals surface area contributed by atoms with Gasteiger partial charge in [0.05, 0.1) is 12.6 Å². The standard InChI is InChI=1S/C20H22ClN5O4/c1-20(2,3)30-19(29)25(10-11-4-5-11)16-8-14(21)23-17-13(9-22-26(16)17)6-12-7-15(27)24-18(12)28/h6,8-9,11H,4-5,7,10H2,1-3H3,(H,24,27,28). The van der Waals surface area contributed by atoms with Gasteiger partial charge in [-0.3, -0.25) is 19.8 Å². The smallest absolute Gasteiger partial charge is 0.416 e. The SMILES string of the molecule is CC(C)(C)OC(=O)N(CC1CC1)c1cc(Cl)nc2c(C=C3CC(=O)NC3=O)cnn12. The Balaban J connectivity index is 1.77. The number of carbonyl (C=O) groups is 3. The molecule has 2 fully saturated rings. The lowest BCUT2D eigenvalue weighted by Gasteiger charge is -2.27. The van der Waals surface area contributed by atoms with Gasteiger partial charge in [0.1, 0.15) is 16.6 Å². The third kappa shape index (κ3) is 4.30. The molecule has 0 atom stereocenters. The fraction of sp³-hybridized carbons (Fsp3) is 0.450. The van der Waals surface area contributed by atoms with E-state index in [1.807, 2.05) is 20.8 Å². The van der Waals surface area contributed by atoms with Crippen LogP contribution in [-0.2, 0) is 14.3 Å². The number of amides is 3. The summed E-state index contributed by atoms with van der Waals surface area (Å²) < 4.78 is 7.09. The van der Waals surface area contributed by atoms with Crippen LogP contribution in [0, 0.1) is 5.92 Å². The van der Waals surface area contributed by atoms with Crippen LogP contribution in [0.3, 0.4) is 0 Å². The highest BCUT2D eigenvalue weighted by Crippen LogP contribution is 2.33. The number of fused-ring (bicyclic) bond motifs is 1. The topological polar surface area (TPSA) is 106 Å². The summed E-state index contributed by atoms with van der Waals surface area (Å²) in [5.41, 5.74) is 0.563. The second kappa shape index (κ2) is 7.39. The molecular weight excluding hydrogens is 410 g/mol. The van der Waals surface area contributed by atoms with Gasteiger partial charge >= 0.3 is 6.09 Å². The van der Waals surface area contributed by atoms with E-state index in [0.717, 1.165) is 12.8 Å². The van der Waals surface area contributed by atoms with Gasteiger partial charge in [-0.15, -0.1) is 0 Å². The van der Waals surface area contributed by atoms with Gasteiger partial charge in [-0.2, -0.15) is 9.61 Å². The highest BCUT2D eigenvalue weighted by atomic mass is 35.5. The lowest BCUT2D eigenvalue weighted by Crippen LogP contribution is -2.39. The third-order valence-corrected chi connectivity index (χ3v) is 4.90. The number of halogens is 1. The molecule has 4 rings (SSSR count). The molecule has 0 radical (unpaired) electrons. The predicted octanol–water partition coefficient (Wildman–Crippen LogP) is 2.96. The van der Waals surface area contributed by atoms with Crippen LogP contribution in [0.2, 0.25) is 5.15 Å². The number of hydrogen-bond donors (Lipinski definition) is 1. The first-order chi connectivity index (χ1) is 14.1. The molecule has 10 heteroatoms. The lowest BCUT2D eigenvalue weighted by atomic mass is 10.1. The molecule has 30 heavy (non-hydrogen) atoms. The number of carbonyl (C=O) groups excluding carboxylic acids is 3. The van der Waals surface area contributed by atoms with E-state index in [2.05, 4.69) is 15.4 Å². The molecule has 9 nitrogen and oxygen atoms in total. The zero-order valence-corrected chi connectivity index (χ0v) is 17.7. The largest absolute Gasteiger partial charge is 0.443 e. The number of ether oxygens (including phenoxy) is 1. The molecule has 3 amide bonds. The van der Waals surface area contributed by atoms with Gasteiger partial charge < -0.3 is 4.74 Å². The summed E-state index contributed by atoms with van der Waals surface area (Å²) in [7, 11) is 0. The number of rotatable bonds is 4. The van der Waals surface area contributed by atoms with Gasteiger partial charge in [0, 0.05) is 23.7 Å². The molecule has 3 heterocycles. The maximum absolute atomic E-state index is 12.9. The fourth-order valence-corrected chi connectivity index (χ4v) is 3.35. The van der Waals surface area contributed by atoms with Crippen LogP contribution in [0.4, 0.5) is 10.6 Å². The Morgan fingerprint density at radius 2 is 2.13 bits per heavy atom. The summed E-state index contributed by atoms with van der Waals surface area (Å²) in [6, 6.07) is 1.57. The van der Waals surface area contributed by atoms with E-state index in [9.17, 15) is 14.4 Å². The molecule has 0 bridgehead atoms. The Kier molecular flexibility index (Phi) is 5.01. The molecule has 0 spiro atoms. The number of imide groups is 1. The summed E-state index contributed by atoms with van der Waals surface area (Å²) in [4.78, 5) is 42.1. The predicted molar refractivity (Wildman–Crippen MR) is 110 cm³/mol. The van der Waals surface area contributed by atoms with Crippen LogP contribution in [0.15, 0.2) is 17.8 Å². The van der Waals surface area contributed by atoms with Crippen molar-refractivity contribution in [3.05, 3.63) is 28.6 Å². The molecule has 1 saturated carbocycles. The van der Waals surface area contributed by atoms with E-state index in [0.29, 0.717) is 35.1 Å². The number of aromatic nitrogens is 3. The molecule has 2 aromatic heterocycles. The summed E-state index contributed by atoms with van der Waals surface area (Å²) >= 11 is 6.27. The molecule has 1 aliphatic carbocycles. The van der Waals surface area contributed by atoms with Crippen molar-refractivity contribution in [1.29, 1.82) is 0 Å². The molecule has 1 N–H and O–H groups in total. The molecule has 158 valence electrons. The minimum absolute atomic E-state index is 0.00465. The zero-order valence-electron chi connectivity index (χ0n) is 16.9. The zero-order chi connectivity index (χ0) is 21.6. The Morgan fingerprint density at radius 1 is 1.40 bits per heavy atom. The minimum Gasteiger partial charge on any atom is -0.443 e. The summed E-state index contributed by atoms with van der Waals surface area (Å²) in [5, 5.41) is 6.78. The molecule has 0 aromatic carbocycles. The maximum Gasteiger partial charge on any atom is 0.416 e. The fourth-order valence-electron chi connectivity index (χ4n) is 3.18. The van der Waals surface area contributed by atoms with Crippen molar-refractivity contribution in [2.75, 3.05) is 11.4 Å². The summed E-state index contributed by atoms with van der Waals surface area (Å²) in [6.45, 7) is 5.90. The third-order valence-electron chi connectivity index (χ3n) is 4.70. The highest BCUT2D eigenvalue weighted by Gasteiger charge is 2.32. The molecule has 1 aliphatic heterocycles. The monoisotopic (exact) mass is 431 g/mol. The molecule has 0 unspecified atom stereocenters. The lowest BCUT2D eigenvalue weighted by molar-refractivity contribution is -0.124. The second-order valence-corrected chi connectivity index (χ2v) is 8.92. The highest BCUT2D eigenvalue weighted by molar-refractivity contribution is 6.29. The second-order valence-electron chi connectivity index (χ2n) is 8.53. The molecule has 2 aliphatic rings. The molecule has 1 saturated heterocycles. The van der Waals surface area contributed by atoms with E-state index >= 15 is 0 Å². The van der Waals surface area contributed by atoms with E-state index in [1.165, 1.54) is 15.6 Å². The summed E-state index contributed by atoms with van der Waals surface area (Å²) in [6.07, 6.45) is 4.68. The van der Waals surface area contributed by atoms with Crippen molar-refractivity contribution in [2.24, 2.45) is 5.92 Å². The molecule has 2 aromatic rings. The van der Waals surface area contributed by atoms with Crippen molar-refractivity contribution in [3.8, 4) is 0 Å². The first kappa shape index (κ1) is 20.3. The van der Waals surface area contributed by atoms with Gasteiger partial charge in [0.2, 0.25) is 5.91 Å². The van der Waals surface area contributed by atoms with E-state index in [1.54, 1.807) is 12.1 Å². The van der Waals surface area contributed by atoms with Gasteiger partial charge in [0.25, 0.3) is 5.91 Å². The van der Waals surface area contributed by atoms with Crippen LogP contribution >= 0.6 is 11.6 Å². The van der Waals surface area contributed by atoms with E-state index in [-0.39, 0.29) is 17.5 Å². The van der Waals surface area contributed by atoms with Gasteiger partial charge in [-0.1, -0.05) is 11.6 Å². The van der Waals surface area contributed by atoms with Crippen LogP contribution in [0.1, 0.15) is 45.6 Å². The Hall–Kier alpha value is -2.94. The Labute approximate surface area is 178 Å². The van der Waals surface area contributed by atoms with Crippen molar-refractivity contribution < 1.29 is 19.1 Å². The summed E-state index contributed by atoms with van der Waals surface area (Å²) in [5.74, 6) is 0.0354. The number of anilines is 1. The van der Waals surface area contributed by atoms with Crippen LogP contribution in [-0.4, -0.2) is 44.7 Å². The van der Waals surface area contributed by atoms with Gasteiger partial charge in [-0.05, 0) is 45.6 Å². The molecular formula is C20H22ClN5O4. The number of nitrogens with zero attached hydrogens (tertiary/aromatic N) is 4. The van der Waals surface area contributed by atoms with Crippen molar-refractivity contribution in [1.82, 2.24) is 19.9 Å². The number of hydrogen-bond acceptors (Lipinski definition) is 6. The van der Waals surface area contributed by atoms with Crippen molar-refractivity contribution in [3.63, 3.8) is 0 Å². The van der Waals surface area contributed by atoms with Gasteiger partial charge in [0.15, 0.2) is 5.65 Å². The van der Waals surface area contributed by atoms with E-state index < -0.39 is 17.6 Å². The first-order valence-electron chi connectivity index (χ1n) is 9.70. The Bertz CT molecular complexity index is 1080. The van der Waals surface area contributed by atoms with Crippen LogP contribution in [0.5, 0.6) is 0 Å². The first-order valence-corrected chi connectivity index (χ1v) is 10.1. The maximum atomic E-state index is 12.9. The van der Waals surface area contributed by atoms with Crippen molar-refractivity contribution >= 4 is 47.0 Å². The quantitative estimate of drug-likeness (QED) is 0.453. The average molecular weight is 432 g/mol.